The number of benzene rings is 5. The Morgan fingerprint density at radius 3 is 2.12 bits per heavy atom. The maximum absolute atomic E-state index is 11.3. The van der Waals surface area contributed by atoms with Crippen LogP contribution in [-0.4, -0.2) is 20.1 Å². The molecule has 0 spiro atoms. The largest absolute Gasteiger partial charge is 0.502 e. The number of hydrogen-bond acceptors (Lipinski definition) is 8. The van der Waals surface area contributed by atoms with Crippen LogP contribution >= 0.6 is 0 Å². The second-order valence-corrected chi connectivity index (χ2v) is 10.7. The van der Waals surface area contributed by atoms with Crippen LogP contribution in [0.1, 0.15) is 16.7 Å². The number of hydrogen-bond donors (Lipinski definition) is 2. The van der Waals surface area contributed by atoms with E-state index in [0.717, 1.165) is 40.1 Å². The third kappa shape index (κ3) is 5.67. The molecule has 10 nitrogen and oxygen atoms in total. The lowest BCUT2D eigenvalue weighted by Crippen LogP contribution is -2.20. The molecule has 10 heteroatoms. The van der Waals surface area contributed by atoms with Crippen molar-refractivity contribution in [3.8, 4) is 76.6 Å². The third-order valence-corrected chi connectivity index (χ3v) is 7.87. The molecule has 0 unspecified atom stereocenters. The first-order chi connectivity index (χ1) is 23.1. The highest BCUT2D eigenvalue weighted by Crippen LogP contribution is 2.46. The van der Waals surface area contributed by atoms with Crippen molar-refractivity contribution in [1.82, 2.24) is 0 Å². The second kappa shape index (κ2) is 12.3. The topological polar surface area (TPSA) is 145 Å². The number of rotatable bonds is 6. The van der Waals surface area contributed by atoms with E-state index in [2.05, 4.69) is 23.9 Å². The van der Waals surface area contributed by atoms with E-state index in [1.54, 1.807) is 18.2 Å². The number of nitro groups is 2. The Kier molecular flexibility index (Phi) is 7.88. The first-order valence-electron chi connectivity index (χ1n) is 14.3. The Morgan fingerprint density at radius 2 is 1.46 bits per heavy atom. The number of nitrogens with zero attached hydrogens (tertiary/aromatic N) is 2. The lowest BCUT2D eigenvalue weighted by atomic mass is 9.75. The normalized spacial score (nSPS) is 12.5. The molecule has 2 N–H and O–H groups in total. The molecule has 232 valence electrons. The summed E-state index contributed by atoms with van der Waals surface area (Å²) in [6.07, 6.45) is 18.3. The van der Waals surface area contributed by atoms with E-state index in [0.29, 0.717) is 28.9 Å². The van der Waals surface area contributed by atoms with Crippen LogP contribution in [0, 0.1) is 62.4 Å². The summed E-state index contributed by atoms with van der Waals surface area (Å²) in [6, 6.07) is 22.1. The van der Waals surface area contributed by atoms with Gasteiger partial charge in [-0.15, -0.1) is 12.8 Å². The SMILES string of the molecule is C#CC1(C#C)C=Cc2c(ccc(C#COc3ccc([N+](=O)[O-])c(O)c3)c2-c2c(Oc3ccc([N+](=O)[O-])c(O)c3)ccc3ccccc23)C1. The van der Waals surface area contributed by atoms with Gasteiger partial charge < -0.3 is 19.7 Å². The first kappa shape index (κ1) is 30.8. The Labute approximate surface area is 273 Å². The van der Waals surface area contributed by atoms with Crippen LogP contribution in [0.3, 0.4) is 0 Å². The van der Waals surface area contributed by atoms with Gasteiger partial charge in [-0.1, -0.05) is 60.4 Å². The van der Waals surface area contributed by atoms with Crippen molar-refractivity contribution in [3.05, 3.63) is 128 Å². The van der Waals surface area contributed by atoms with Crippen LogP contribution in [0.15, 0.2) is 91.0 Å². The van der Waals surface area contributed by atoms with Crippen LogP contribution in [0.4, 0.5) is 11.4 Å². The average molecular weight is 635 g/mol. The smallest absolute Gasteiger partial charge is 0.310 e. The molecule has 1 aliphatic rings. The van der Waals surface area contributed by atoms with E-state index < -0.39 is 38.1 Å². The lowest BCUT2D eigenvalue weighted by molar-refractivity contribution is -0.386. The molecule has 0 saturated heterocycles. The van der Waals surface area contributed by atoms with Crippen molar-refractivity contribution in [2.24, 2.45) is 5.41 Å². The van der Waals surface area contributed by atoms with Gasteiger partial charge in [0.05, 0.1) is 9.85 Å². The Morgan fingerprint density at radius 1 is 0.792 bits per heavy atom. The van der Waals surface area contributed by atoms with Crippen molar-refractivity contribution >= 4 is 28.2 Å². The molecule has 6 rings (SSSR count). The van der Waals surface area contributed by atoms with E-state index in [1.807, 2.05) is 42.5 Å². The summed E-state index contributed by atoms with van der Waals surface area (Å²) in [7, 11) is 0. The number of ether oxygens (including phenoxy) is 2. The summed E-state index contributed by atoms with van der Waals surface area (Å²) in [4.78, 5) is 21.0. The summed E-state index contributed by atoms with van der Waals surface area (Å²) in [5.41, 5.74) is 1.52. The molecular formula is C38H22N2O8. The number of fused-ring (bicyclic) bond motifs is 2. The molecular weight excluding hydrogens is 612 g/mol. The standard InChI is InChI=1S/C38H22N2O8/c1-3-38(4-2)19-17-30-26(23-38)10-9-25(18-20-47-27-12-14-31(39(43)44)33(41)21-27)36(30)37-29-8-6-5-7-24(29)11-16-35(37)48-28-13-15-32(40(45)46)34(42)22-28/h1-2,5-17,19,21-22,41-42H,23H2. The zero-order chi connectivity index (χ0) is 34.0. The highest BCUT2D eigenvalue weighted by molar-refractivity contribution is 6.03. The maximum Gasteiger partial charge on any atom is 0.310 e. The number of phenols is 2. The zero-order valence-corrected chi connectivity index (χ0v) is 24.8. The fourth-order valence-electron chi connectivity index (χ4n) is 5.51. The Hall–Kier alpha value is -7.22. The number of phenolic OH excluding ortho intramolecular Hbond substituents is 2. The fourth-order valence-corrected chi connectivity index (χ4v) is 5.51. The van der Waals surface area contributed by atoms with Crippen molar-refractivity contribution in [2.75, 3.05) is 0 Å². The fraction of sp³-hybridized carbons (Fsp3) is 0.0526. The lowest BCUT2D eigenvalue weighted by Gasteiger charge is -2.27. The predicted molar refractivity (Wildman–Crippen MR) is 179 cm³/mol. The van der Waals surface area contributed by atoms with Crippen molar-refractivity contribution in [3.63, 3.8) is 0 Å². The summed E-state index contributed by atoms with van der Waals surface area (Å²) in [6.45, 7) is 0. The van der Waals surface area contributed by atoms with E-state index >= 15 is 0 Å². The zero-order valence-electron chi connectivity index (χ0n) is 24.8. The Bertz CT molecular complexity index is 2340. The minimum atomic E-state index is -0.938. The van der Waals surface area contributed by atoms with Gasteiger partial charge in [-0.3, -0.25) is 20.2 Å². The van der Waals surface area contributed by atoms with Gasteiger partial charge in [-0.2, -0.15) is 0 Å². The number of allylic oxidation sites excluding steroid dienone is 1. The quantitative estimate of drug-likeness (QED) is 0.110. The molecule has 0 radical (unpaired) electrons. The van der Waals surface area contributed by atoms with E-state index in [9.17, 15) is 30.4 Å². The monoisotopic (exact) mass is 634 g/mol. The molecule has 0 bridgehead atoms. The summed E-state index contributed by atoms with van der Waals surface area (Å²) >= 11 is 0. The summed E-state index contributed by atoms with van der Waals surface area (Å²) in [5.74, 6) is 7.93. The number of nitro benzene ring substituents is 2. The molecule has 0 amide bonds. The highest BCUT2D eigenvalue weighted by Gasteiger charge is 2.30. The summed E-state index contributed by atoms with van der Waals surface area (Å²) in [5, 5.41) is 44.4. The average Bonchev–Trinajstić information content (AvgIpc) is 3.08. The molecule has 0 aromatic heterocycles. The molecule has 0 saturated carbocycles. The van der Waals surface area contributed by atoms with Crippen LogP contribution in [0.25, 0.3) is 28.0 Å². The summed E-state index contributed by atoms with van der Waals surface area (Å²) < 4.78 is 11.9. The third-order valence-electron chi connectivity index (χ3n) is 7.87. The van der Waals surface area contributed by atoms with Crippen LogP contribution in [-0.2, 0) is 6.42 Å². The molecule has 0 heterocycles. The van der Waals surface area contributed by atoms with Crippen LogP contribution in [0.2, 0.25) is 0 Å². The minimum absolute atomic E-state index is 0.0880. The minimum Gasteiger partial charge on any atom is -0.502 e. The predicted octanol–water partition coefficient (Wildman–Crippen LogP) is 7.74. The van der Waals surface area contributed by atoms with Gasteiger partial charge >= 0.3 is 11.4 Å². The molecule has 48 heavy (non-hydrogen) atoms. The maximum atomic E-state index is 11.3. The molecule has 5 aromatic carbocycles. The van der Waals surface area contributed by atoms with Crippen LogP contribution < -0.4 is 9.47 Å². The molecule has 0 atom stereocenters. The van der Waals surface area contributed by atoms with Gasteiger partial charge in [0.1, 0.15) is 28.8 Å². The van der Waals surface area contributed by atoms with Crippen molar-refractivity contribution in [2.45, 2.75) is 6.42 Å². The second-order valence-electron chi connectivity index (χ2n) is 10.7. The van der Waals surface area contributed by atoms with Gasteiger partial charge in [-0.25, -0.2) is 0 Å². The van der Waals surface area contributed by atoms with Gasteiger partial charge in [0.25, 0.3) is 0 Å². The van der Waals surface area contributed by atoms with Crippen molar-refractivity contribution < 1.29 is 29.5 Å². The molecule has 5 aromatic rings. The van der Waals surface area contributed by atoms with E-state index in [4.69, 9.17) is 22.3 Å². The molecule has 1 aliphatic carbocycles. The molecule has 0 aliphatic heterocycles. The Balaban J connectivity index is 1.55. The van der Waals surface area contributed by atoms with Crippen molar-refractivity contribution in [1.29, 1.82) is 0 Å². The molecule has 0 fully saturated rings. The highest BCUT2D eigenvalue weighted by atomic mass is 16.6. The van der Waals surface area contributed by atoms with Gasteiger partial charge in [0.2, 0.25) is 0 Å². The van der Waals surface area contributed by atoms with Gasteiger partial charge in [0.15, 0.2) is 11.5 Å². The first-order valence-corrected chi connectivity index (χ1v) is 14.3. The number of terminal acetylenes is 2. The van der Waals surface area contributed by atoms with E-state index in [-0.39, 0.29) is 11.5 Å². The van der Waals surface area contributed by atoms with Gasteiger partial charge in [-0.05, 0) is 52.1 Å². The van der Waals surface area contributed by atoms with Crippen LogP contribution in [0.5, 0.6) is 28.7 Å². The van der Waals surface area contributed by atoms with Gasteiger partial charge in [0, 0.05) is 47.4 Å². The number of aromatic hydroxyl groups is 2. The van der Waals surface area contributed by atoms with E-state index in [1.165, 1.54) is 18.2 Å².